The van der Waals surface area contributed by atoms with Gasteiger partial charge in [-0.1, -0.05) is 29.8 Å². The topological polar surface area (TPSA) is 97.6 Å². The van der Waals surface area contributed by atoms with E-state index in [1.807, 2.05) is 42.5 Å². The first-order valence-corrected chi connectivity index (χ1v) is 17.7. The van der Waals surface area contributed by atoms with Crippen LogP contribution >= 0.6 is 11.6 Å². The van der Waals surface area contributed by atoms with Crippen molar-refractivity contribution >= 4 is 29.1 Å². The Labute approximate surface area is 288 Å². The summed E-state index contributed by atoms with van der Waals surface area (Å²) in [5, 5.41) is 0.621. The maximum absolute atomic E-state index is 17.8. The fourth-order valence-electron chi connectivity index (χ4n) is 8.74. The van der Waals surface area contributed by atoms with Gasteiger partial charge in [0.2, 0.25) is 11.6 Å². The third kappa shape index (κ3) is 7.04. The van der Waals surface area contributed by atoms with Crippen LogP contribution in [0.1, 0.15) is 61.5 Å². The summed E-state index contributed by atoms with van der Waals surface area (Å²) in [5.41, 5.74) is 6.40. The first-order valence-electron chi connectivity index (χ1n) is 17.4. The van der Waals surface area contributed by atoms with Crippen molar-refractivity contribution in [2.45, 2.75) is 68.2 Å². The zero-order valence-electron chi connectivity index (χ0n) is 28.4. The number of carbonyl (C=O) groups is 2. The van der Waals surface area contributed by atoms with Crippen LogP contribution < -0.4 is 15.4 Å². The number of carbonyl (C=O) groups excluding carboxylic acids is 2. The Morgan fingerprint density at radius 1 is 0.958 bits per heavy atom. The molecular formula is C37H50ClFN4O5. The predicted octanol–water partition coefficient (Wildman–Crippen LogP) is 5.00. The Kier molecular flexibility index (Phi) is 10.8. The number of ether oxygens (including phenoxy) is 3. The highest BCUT2D eigenvalue weighted by Gasteiger charge is 2.57. The Hall–Kier alpha value is -2.92. The average Bonchev–Trinajstić information content (AvgIpc) is 3.70. The maximum Gasteiger partial charge on any atom is 0.262 e. The summed E-state index contributed by atoms with van der Waals surface area (Å²) >= 11 is 6.53. The van der Waals surface area contributed by atoms with Crippen molar-refractivity contribution < 1.29 is 28.2 Å². The fourth-order valence-corrected chi connectivity index (χ4v) is 8.91. The van der Waals surface area contributed by atoms with E-state index in [2.05, 4.69) is 9.80 Å². The summed E-state index contributed by atoms with van der Waals surface area (Å²) in [6.45, 7) is 3.16. The molecule has 48 heavy (non-hydrogen) atoms. The molecule has 2 amide bonds. The number of piperidine rings is 1. The van der Waals surface area contributed by atoms with Crippen LogP contribution in [0.2, 0.25) is 5.02 Å². The summed E-state index contributed by atoms with van der Waals surface area (Å²) in [4.78, 5) is 32.7. The normalized spacial score (nSPS) is 30.1. The lowest BCUT2D eigenvalue weighted by molar-refractivity contribution is -0.143. The van der Waals surface area contributed by atoms with Gasteiger partial charge in [0.25, 0.3) is 5.91 Å². The Morgan fingerprint density at radius 2 is 1.67 bits per heavy atom. The van der Waals surface area contributed by atoms with Crippen molar-refractivity contribution in [3.05, 3.63) is 58.6 Å². The number of methoxy groups -OCH3 is 3. The van der Waals surface area contributed by atoms with Crippen LogP contribution in [0.25, 0.3) is 0 Å². The zero-order chi connectivity index (χ0) is 34.0. The second-order valence-corrected chi connectivity index (χ2v) is 14.6. The number of hydrogen-bond donors (Lipinski definition) is 1. The zero-order valence-corrected chi connectivity index (χ0v) is 29.2. The molecule has 2 N–H and O–H groups in total. The molecule has 4 aliphatic rings. The molecule has 9 nitrogen and oxygen atoms in total. The van der Waals surface area contributed by atoms with Gasteiger partial charge in [-0.25, -0.2) is 4.39 Å². The number of hydrogen-bond acceptors (Lipinski definition) is 7. The number of alkyl halides is 1. The molecule has 3 heterocycles. The van der Waals surface area contributed by atoms with Crippen molar-refractivity contribution in [2.75, 3.05) is 72.1 Å². The maximum atomic E-state index is 17.8. The smallest absolute Gasteiger partial charge is 0.262 e. The lowest BCUT2D eigenvalue weighted by Crippen LogP contribution is -2.50. The van der Waals surface area contributed by atoms with E-state index in [4.69, 9.17) is 31.5 Å². The molecule has 3 aliphatic heterocycles. The number of anilines is 1. The van der Waals surface area contributed by atoms with Crippen molar-refractivity contribution in [3.63, 3.8) is 0 Å². The fraction of sp³-hybridized carbons (Fsp3) is 0.622. The van der Waals surface area contributed by atoms with Gasteiger partial charge in [-0.3, -0.25) is 14.5 Å². The van der Waals surface area contributed by atoms with E-state index in [9.17, 15) is 9.59 Å². The Bertz CT molecular complexity index is 1430. The summed E-state index contributed by atoms with van der Waals surface area (Å²) in [6.07, 6.45) is 5.33. The summed E-state index contributed by atoms with van der Waals surface area (Å²) in [5.74, 6) is -0.833. The largest absolute Gasteiger partial charge is 0.497 e. The molecule has 1 saturated carbocycles. The third-order valence-electron chi connectivity index (χ3n) is 11.5. The molecule has 2 aromatic rings. The first-order chi connectivity index (χ1) is 23.1. The first kappa shape index (κ1) is 34.9. The minimum Gasteiger partial charge on any atom is -0.497 e. The molecule has 4 fully saturated rings. The Balaban J connectivity index is 1.27. The molecule has 0 bridgehead atoms. The van der Waals surface area contributed by atoms with Crippen LogP contribution in [-0.4, -0.2) is 107 Å². The molecule has 11 heteroatoms. The standard InChI is InChI=1S/C37H50ClFN4O5/c1-46-22-26-19-42(20-32(26)31-13-6-27(38)18-34(31)41-16-14-25(15-17-41)35(40)44)36(45)37(39)23-43(28-7-11-30(48-3)12-8-28)21-33(37)24-4-9-29(47-2)10-5-24/h4-6,9-10,13,18,25-26,28,30,32-33H,7-8,11-12,14-17,19-23H2,1-3H3,(H2,40,44)/t26-,28?,30?,32+,33+,37+/m1/s1. The molecule has 0 aromatic heterocycles. The highest BCUT2D eigenvalue weighted by atomic mass is 35.5. The van der Waals surface area contributed by atoms with E-state index < -0.39 is 17.5 Å². The van der Waals surface area contributed by atoms with Gasteiger partial charge in [-0.15, -0.1) is 0 Å². The van der Waals surface area contributed by atoms with E-state index in [1.165, 1.54) is 0 Å². The van der Waals surface area contributed by atoms with Crippen LogP contribution in [0.5, 0.6) is 5.75 Å². The van der Waals surface area contributed by atoms with Gasteiger partial charge in [0.05, 0.1) is 19.8 Å². The monoisotopic (exact) mass is 684 g/mol. The Morgan fingerprint density at radius 3 is 2.29 bits per heavy atom. The van der Waals surface area contributed by atoms with Gasteiger partial charge in [-0.2, -0.15) is 0 Å². The predicted molar refractivity (Wildman–Crippen MR) is 184 cm³/mol. The minimum absolute atomic E-state index is 0.0214. The average molecular weight is 685 g/mol. The lowest BCUT2D eigenvalue weighted by Gasteiger charge is -2.35. The van der Waals surface area contributed by atoms with Gasteiger partial charge in [-0.05, 0) is 73.9 Å². The summed E-state index contributed by atoms with van der Waals surface area (Å²) in [7, 11) is 5.04. The molecule has 262 valence electrons. The highest BCUT2D eigenvalue weighted by Crippen LogP contribution is 2.46. The molecule has 0 radical (unpaired) electrons. The number of rotatable bonds is 10. The van der Waals surface area contributed by atoms with Gasteiger partial charge >= 0.3 is 0 Å². The highest BCUT2D eigenvalue weighted by molar-refractivity contribution is 6.30. The molecule has 0 spiro atoms. The van der Waals surface area contributed by atoms with Gasteiger partial charge in [0.15, 0.2) is 0 Å². The van der Waals surface area contributed by atoms with E-state index in [1.54, 1.807) is 26.2 Å². The van der Waals surface area contributed by atoms with Crippen molar-refractivity contribution in [1.29, 1.82) is 0 Å². The molecular weight excluding hydrogens is 635 g/mol. The van der Waals surface area contributed by atoms with E-state index in [-0.39, 0.29) is 42.4 Å². The molecule has 2 aromatic carbocycles. The summed E-state index contributed by atoms with van der Waals surface area (Å²) < 4.78 is 34.5. The lowest BCUT2D eigenvalue weighted by atomic mass is 9.85. The van der Waals surface area contributed by atoms with Gasteiger partial charge in [0.1, 0.15) is 5.75 Å². The number of primary amides is 1. The van der Waals surface area contributed by atoms with Crippen molar-refractivity contribution in [3.8, 4) is 5.75 Å². The molecule has 0 unspecified atom stereocenters. The molecule has 6 rings (SSSR count). The number of amides is 2. The number of nitrogens with two attached hydrogens (primary N) is 1. The number of likely N-dealkylation sites (tertiary alicyclic amines) is 2. The SMILES string of the molecule is COC[C@H]1CN(C(=O)[C@]2(F)CN(C3CCC(OC)CC3)C[C@H]2c2ccc(OC)cc2)C[C@@H]1c1ccc(Cl)cc1N1CCC(C(N)=O)CC1. The second kappa shape index (κ2) is 14.9. The second-order valence-electron chi connectivity index (χ2n) is 14.2. The minimum atomic E-state index is -2.08. The van der Waals surface area contributed by atoms with Crippen LogP contribution in [-0.2, 0) is 19.1 Å². The van der Waals surface area contributed by atoms with Crippen LogP contribution in [0.3, 0.4) is 0 Å². The number of halogens is 2. The van der Waals surface area contributed by atoms with Crippen molar-refractivity contribution in [1.82, 2.24) is 9.80 Å². The van der Waals surface area contributed by atoms with E-state index in [0.29, 0.717) is 62.9 Å². The van der Waals surface area contributed by atoms with Gasteiger partial charge < -0.3 is 29.7 Å². The molecule has 4 atom stereocenters. The molecule has 1 aliphatic carbocycles. The third-order valence-corrected chi connectivity index (χ3v) is 11.7. The van der Waals surface area contributed by atoms with Crippen LogP contribution in [0.4, 0.5) is 10.1 Å². The van der Waals surface area contributed by atoms with E-state index in [0.717, 1.165) is 42.5 Å². The molecule has 3 saturated heterocycles. The quantitative estimate of drug-likeness (QED) is 0.376. The van der Waals surface area contributed by atoms with E-state index >= 15 is 4.39 Å². The number of nitrogens with zero attached hydrogens (tertiary/aromatic N) is 3. The van der Waals surface area contributed by atoms with Gasteiger partial charge in [0, 0.05) is 93.9 Å². The van der Waals surface area contributed by atoms with Crippen LogP contribution in [0.15, 0.2) is 42.5 Å². The summed E-state index contributed by atoms with van der Waals surface area (Å²) in [6, 6.07) is 13.6. The van der Waals surface area contributed by atoms with Crippen molar-refractivity contribution in [2.24, 2.45) is 17.6 Å². The number of benzene rings is 2. The van der Waals surface area contributed by atoms with Crippen LogP contribution in [0, 0.1) is 11.8 Å².